The van der Waals surface area contributed by atoms with Gasteiger partial charge in [0.25, 0.3) is 0 Å². The lowest BCUT2D eigenvalue weighted by Gasteiger charge is -2.24. The van der Waals surface area contributed by atoms with Gasteiger partial charge in [-0.15, -0.1) is 0 Å². The molecule has 1 aromatic rings. The van der Waals surface area contributed by atoms with Gasteiger partial charge < -0.3 is 5.32 Å². The van der Waals surface area contributed by atoms with Crippen molar-refractivity contribution in [3.8, 4) is 0 Å². The molecule has 0 aliphatic carbocycles. The Morgan fingerprint density at radius 1 is 1.41 bits per heavy atom. The van der Waals surface area contributed by atoms with Gasteiger partial charge in [0.15, 0.2) is 9.84 Å². The van der Waals surface area contributed by atoms with E-state index in [1.807, 2.05) is 12.1 Å². The first-order valence-corrected chi connectivity index (χ1v) is 8.37. The van der Waals surface area contributed by atoms with Crippen LogP contribution in [-0.4, -0.2) is 26.0 Å². The van der Waals surface area contributed by atoms with Gasteiger partial charge in [0.2, 0.25) is 0 Å². The van der Waals surface area contributed by atoms with Gasteiger partial charge in [0.1, 0.15) is 0 Å². The molecular weight excluding hydrogens is 326 g/mol. The molecule has 1 fully saturated rings. The van der Waals surface area contributed by atoms with Crippen molar-refractivity contribution in [2.75, 3.05) is 16.8 Å². The van der Waals surface area contributed by atoms with E-state index in [-0.39, 0.29) is 11.8 Å². The van der Waals surface area contributed by atoms with E-state index in [0.29, 0.717) is 17.2 Å². The molecule has 1 aromatic carbocycles. The molecule has 94 valence electrons. The van der Waals surface area contributed by atoms with Crippen molar-refractivity contribution in [1.82, 2.24) is 0 Å². The highest BCUT2D eigenvalue weighted by Gasteiger charge is 2.24. The first kappa shape index (κ1) is 13.2. The van der Waals surface area contributed by atoms with Gasteiger partial charge in [-0.25, -0.2) is 8.42 Å². The molecule has 6 heteroatoms. The average Bonchev–Trinajstić information content (AvgIpc) is 2.22. The maximum absolute atomic E-state index is 11.5. The predicted octanol–water partition coefficient (Wildman–Crippen LogP) is 3.09. The van der Waals surface area contributed by atoms with E-state index in [1.165, 1.54) is 0 Å². The van der Waals surface area contributed by atoms with Gasteiger partial charge in [-0.2, -0.15) is 0 Å². The van der Waals surface area contributed by atoms with Crippen molar-refractivity contribution in [3.05, 3.63) is 27.7 Å². The zero-order valence-corrected chi connectivity index (χ0v) is 12.3. The van der Waals surface area contributed by atoms with Crippen molar-refractivity contribution in [3.63, 3.8) is 0 Å². The predicted molar refractivity (Wildman–Crippen MR) is 74.5 cm³/mol. The molecule has 1 saturated heterocycles. The molecule has 1 N–H and O–H groups in total. The smallest absolute Gasteiger partial charge is 0.152 e. The highest BCUT2D eigenvalue weighted by Crippen LogP contribution is 2.27. The number of nitrogens with one attached hydrogen (secondary N) is 1. The number of hydrogen-bond acceptors (Lipinski definition) is 3. The lowest BCUT2D eigenvalue weighted by Crippen LogP contribution is -2.34. The van der Waals surface area contributed by atoms with Crippen molar-refractivity contribution in [2.45, 2.75) is 18.9 Å². The number of sulfone groups is 1. The maximum Gasteiger partial charge on any atom is 0.152 e. The van der Waals surface area contributed by atoms with Crippen LogP contribution in [0.2, 0.25) is 5.02 Å². The van der Waals surface area contributed by atoms with Crippen LogP contribution < -0.4 is 5.32 Å². The largest absolute Gasteiger partial charge is 0.380 e. The zero-order valence-electron chi connectivity index (χ0n) is 9.12. The second-order valence-electron chi connectivity index (χ2n) is 4.22. The molecule has 1 atom stereocenters. The Hall–Kier alpha value is -0.260. The first-order chi connectivity index (χ1) is 7.96. The molecule has 3 nitrogen and oxygen atoms in total. The number of rotatable bonds is 2. The van der Waals surface area contributed by atoms with Crippen LogP contribution in [0, 0.1) is 0 Å². The Morgan fingerprint density at radius 2 is 2.18 bits per heavy atom. The summed E-state index contributed by atoms with van der Waals surface area (Å²) in [6, 6.07) is 5.46. The Morgan fingerprint density at radius 3 is 2.88 bits per heavy atom. The van der Waals surface area contributed by atoms with E-state index in [1.54, 1.807) is 6.07 Å². The summed E-state index contributed by atoms with van der Waals surface area (Å²) in [7, 11) is -2.89. The first-order valence-electron chi connectivity index (χ1n) is 5.38. The number of anilines is 1. The third-order valence-corrected chi connectivity index (χ3v) is 5.39. The standard InChI is InChI=1S/C11H13BrClNO2S/c12-8-3-4-10(13)11(6-8)14-9-2-1-5-17(15,16)7-9/h3-4,6,9,14H,1-2,5,7H2. The molecule has 0 amide bonds. The van der Waals surface area contributed by atoms with E-state index in [0.717, 1.165) is 16.6 Å². The highest BCUT2D eigenvalue weighted by atomic mass is 79.9. The molecule has 17 heavy (non-hydrogen) atoms. The fraction of sp³-hybridized carbons (Fsp3) is 0.455. The van der Waals surface area contributed by atoms with Crippen LogP contribution in [0.3, 0.4) is 0 Å². The zero-order chi connectivity index (χ0) is 12.5. The Bertz CT molecular complexity index is 518. The molecule has 1 heterocycles. The summed E-state index contributed by atoms with van der Waals surface area (Å²) in [5.41, 5.74) is 0.781. The molecular formula is C11H13BrClNO2S. The van der Waals surface area contributed by atoms with Crippen molar-refractivity contribution in [2.24, 2.45) is 0 Å². The van der Waals surface area contributed by atoms with E-state index in [9.17, 15) is 8.42 Å². The molecule has 0 spiro atoms. The van der Waals surface area contributed by atoms with Crippen LogP contribution in [-0.2, 0) is 9.84 Å². The molecule has 2 rings (SSSR count). The number of benzene rings is 1. The van der Waals surface area contributed by atoms with Crippen LogP contribution in [0.5, 0.6) is 0 Å². The van der Waals surface area contributed by atoms with Crippen LogP contribution in [0.1, 0.15) is 12.8 Å². The van der Waals surface area contributed by atoms with Crippen molar-refractivity contribution in [1.29, 1.82) is 0 Å². The molecule has 1 unspecified atom stereocenters. The van der Waals surface area contributed by atoms with Gasteiger partial charge in [-0.05, 0) is 31.0 Å². The number of halogens is 2. The van der Waals surface area contributed by atoms with Gasteiger partial charge >= 0.3 is 0 Å². The van der Waals surface area contributed by atoms with Crippen molar-refractivity contribution >= 4 is 43.1 Å². The van der Waals surface area contributed by atoms with E-state index >= 15 is 0 Å². The van der Waals surface area contributed by atoms with Gasteiger partial charge in [-0.1, -0.05) is 27.5 Å². The fourth-order valence-corrected chi connectivity index (χ4v) is 4.13. The minimum Gasteiger partial charge on any atom is -0.380 e. The Labute approximate surface area is 115 Å². The third-order valence-electron chi connectivity index (χ3n) is 2.75. The van der Waals surface area contributed by atoms with Crippen LogP contribution >= 0.6 is 27.5 Å². The van der Waals surface area contributed by atoms with Crippen molar-refractivity contribution < 1.29 is 8.42 Å². The summed E-state index contributed by atoms with van der Waals surface area (Å²) >= 11 is 9.42. The van der Waals surface area contributed by atoms with Gasteiger partial charge in [-0.3, -0.25) is 0 Å². The van der Waals surface area contributed by atoms with E-state index in [4.69, 9.17) is 11.6 Å². The quantitative estimate of drug-likeness (QED) is 0.901. The van der Waals surface area contributed by atoms with Gasteiger partial charge in [0.05, 0.1) is 22.2 Å². The second-order valence-corrected chi connectivity index (χ2v) is 7.77. The molecule has 0 bridgehead atoms. The Balaban J connectivity index is 2.13. The van der Waals surface area contributed by atoms with Gasteiger partial charge in [0, 0.05) is 10.5 Å². The minimum absolute atomic E-state index is 0.0412. The third kappa shape index (κ3) is 3.60. The summed E-state index contributed by atoms with van der Waals surface area (Å²) in [4.78, 5) is 0. The summed E-state index contributed by atoms with van der Waals surface area (Å²) in [6.45, 7) is 0. The second kappa shape index (κ2) is 5.16. The average molecular weight is 339 g/mol. The number of hydrogen-bond donors (Lipinski definition) is 1. The lowest BCUT2D eigenvalue weighted by molar-refractivity contribution is 0.562. The molecule has 1 aliphatic heterocycles. The van der Waals surface area contributed by atoms with Crippen LogP contribution in [0.4, 0.5) is 5.69 Å². The summed E-state index contributed by atoms with van der Waals surface area (Å²) in [6.07, 6.45) is 1.58. The van der Waals surface area contributed by atoms with Crippen LogP contribution in [0.25, 0.3) is 0 Å². The van der Waals surface area contributed by atoms with Crippen LogP contribution in [0.15, 0.2) is 22.7 Å². The SMILES string of the molecule is O=S1(=O)CCCC(Nc2cc(Br)ccc2Cl)C1. The fourth-order valence-electron chi connectivity index (χ4n) is 1.96. The molecule has 1 aliphatic rings. The topological polar surface area (TPSA) is 46.2 Å². The Kier molecular flexibility index (Phi) is 4.00. The maximum atomic E-state index is 11.5. The highest BCUT2D eigenvalue weighted by molar-refractivity contribution is 9.10. The summed E-state index contributed by atoms with van der Waals surface area (Å²) in [5.74, 6) is 0.493. The molecule has 0 aromatic heterocycles. The normalized spacial score (nSPS) is 23.3. The van der Waals surface area contributed by atoms with E-state index < -0.39 is 9.84 Å². The lowest BCUT2D eigenvalue weighted by atomic mass is 10.1. The molecule has 0 saturated carbocycles. The monoisotopic (exact) mass is 337 g/mol. The minimum atomic E-state index is -2.89. The summed E-state index contributed by atoms with van der Waals surface area (Å²) < 4.78 is 24.0. The molecule has 0 radical (unpaired) electrons. The van der Waals surface area contributed by atoms with E-state index in [2.05, 4.69) is 21.2 Å². The summed E-state index contributed by atoms with van der Waals surface area (Å²) in [5, 5.41) is 3.81.